The summed E-state index contributed by atoms with van der Waals surface area (Å²) in [5.74, 6) is -4.34. The van der Waals surface area contributed by atoms with E-state index in [0.717, 1.165) is 0 Å². The van der Waals surface area contributed by atoms with E-state index in [1.807, 2.05) is 0 Å². The number of aryl methyl sites for hydroxylation is 1. The Bertz CT molecular complexity index is 1200. The Morgan fingerprint density at radius 3 is 2.35 bits per heavy atom. The van der Waals surface area contributed by atoms with Crippen molar-refractivity contribution in [2.75, 3.05) is 24.7 Å². The molecule has 1 heterocycles. The summed E-state index contributed by atoms with van der Waals surface area (Å²) < 4.78 is 33.7. The minimum absolute atomic E-state index is 0.0307. The summed E-state index contributed by atoms with van der Waals surface area (Å²) in [5, 5.41) is 15.4. The third-order valence-electron chi connectivity index (χ3n) is 4.80. The number of aromatic hydroxyl groups is 1. The smallest absolute Gasteiger partial charge is 0.272 e. The van der Waals surface area contributed by atoms with Crippen molar-refractivity contribution >= 4 is 23.0 Å². The molecule has 1 amide bonds. The van der Waals surface area contributed by atoms with Gasteiger partial charge in [-0.05, 0) is 30.7 Å². The maximum absolute atomic E-state index is 14.3. The standard InChI is InChI=1S/C21H21F2N3O5/c1-10-8-9-31-18(10)19(21(2,22)23)25-14-13(16(28)17(14)29)24-12-7-5-6-11(15(12)27)20(30)26(3)4/h5-9,19,24-25,27H,1-4H3/t19-/m0/s1. The highest BCUT2D eigenvalue weighted by Gasteiger charge is 2.40. The number of phenolic OH excluding ortho intramolecular Hbond substituents is 1. The Balaban J connectivity index is 1.97. The lowest BCUT2D eigenvalue weighted by Crippen LogP contribution is -2.40. The van der Waals surface area contributed by atoms with Crippen LogP contribution in [0.25, 0.3) is 0 Å². The number of carbonyl (C=O) groups excluding carboxylic acids is 1. The molecule has 2 aromatic carbocycles. The Hall–Kier alpha value is -3.69. The first-order valence-electron chi connectivity index (χ1n) is 9.25. The second-order valence-corrected chi connectivity index (χ2v) is 7.44. The number of alkyl halides is 2. The molecule has 0 saturated heterocycles. The first-order chi connectivity index (χ1) is 14.4. The molecule has 0 unspecified atom stereocenters. The summed E-state index contributed by atoms with van der Waals surface area (Å²) in [5.41, 5.74) is -2.21. The molecule has 3 N–H and O–H groups in total. The van der Waals surface area contributed by atoms with Gasteiger partial charge in [0.15, 0.2) is 5.75 Å². The molecular formula is C21H21F2N3O5. The fourth-order valence-corrected chi connectivity index (χ4v) is 3.09. The van der Waals surface area contributed by atoms with Crippen LogP contribution in [0.2, 0.25) is 0 Å². The van der Waals surface area contributed by atoms with Crippen LogP contribution >= 0.6 is 0 Å². The molecule has 0 saturated carbocycles. The van der Waals surface area contributed by atoms with Crippen LogP contribution in [0.1, 0.15) is 34.6 Å². The number of nitrogens with zero attached hydrogens (tertiary/aromatic N) is 1. The summed E-state index contributed by atoms with van der Waals surface area (Å²) in [6.45, 7) is 2.24. The molecule has 8 nitrogen and oxygen atoms in total. The highest BCUT2D eigenvalue weighted by Crippen LogP contribution is 2.38. The van der Waals surface area contributed by atoms with Gasteiger partial charge in [0, 0.05) is 21.0 Å². The van der Waals surface area contributed by atoms with Crippen molar-refractivity contribution in [2.24, 2.45) is 0 Å². The molecule has 1 atom stereocenters. The molecule has 0 bridgehead atoms. The van der Waals surface area contributed by atoms with Crippen LogP contribution in [0.4, 0.5) is 25.8 Å². The van der Waals surface area contributed by atoms with Crippen molar-refractivity contribution in [3.8, 4) is 5.75 Å². The molecule has 0 radical (unpaired) electrons. The molecule has 3 aromatic rings. The third kappa shape index (κ3) is 4.00. The summed E-state index contributed by atoms with van der Waals surface area (Å²) in [6, 6.07) is 4.03. The van der Waals surface area contributed by atoms with Gasteiger partial charge >= 0.3 is 0 Å². The fourth-order valence-electron chi connectivity index (χ4n) is 3.09. The first kappa shape index (κ1) is 22.0. The van der Waals surface area contributed by atoms with Gasteiger partial charge in [-0.2, -0.15) is 0 Å². The van der Waals surface area contributed by atoms with E-state index >= 15 is 0 Å². The van der Waals surface area contributed by atoms with E-state index < -0.39 is 34.5 Å². The van der Waals surface area contributed by atoms with Gasteiger partial charge in [-0.25, -0.2) is 8.78 Å². The highest BCUT2D eigenvalue weighted by atomic mass is 19.3. The van der Waals surface area contributed by atoms with E-state index in [4.69, 9.17) is 4.42 Å². The van der Waals surface area contributed by atoms with Gasteiger partial charge in [0.25, 0.3) is 22.7 Å². The quantitative estimate of drug-likeness (QED) is 0.388. The second-order valence-electron chi connectivity index (χ2n) is 7.44. The Kier molecular flexibility index (Phi) is 5.58. The number of halogens is 2. The normalized spacial score (nSPS) is 12.6. The number of nitrogens with one attached hydrogen (secondary N) is 2. The number of rotatable bonds is 7. The number of para-hydroxylation sites is 1. The molecule has 0 fully saturated rings. The zero-order valence-corrected chi connectivity index (χ0v) is 17.2. The maximum atomic E-state index is 14.3. The number of benzene rings is 1. The van der Waals surface area contributed by atoms with E-state index in [9.17, 15) is 28.3 Å². The molecule has 3 rings (SSSR count). The highest BCUT2D eigenvalue weighted by molar-refractivity contribution is 5.99. The average molecular weight is 433 g/mol. The van der Waals surface area contributed by atoms with E-state index in [2.05, 4.69) is 10.6 Å². The Morgan fingerprint density at radius 2 is 1.81 bits per heavy atom. The van der Waals surface area contributed by atoms with Crippen molar-refractivity contribution < 1.29 is 23.1 Å². The topological polar surface area (TPSA) is 112 Å². The van der Waals surface area contributed by atoms with Gasteiger partial charge in [0.05, 0.1) is 17.5 Å². The van der Waals surface area contributed by atoms with Crippen molar-refractivity contribution in [1.29, 1.82) is 0 Å². The number of phenols is 1. The number of hydrogen-bond acceptors (Lipinski definition) is 7. The van der Waals surface area contributed by atoms with Gasteiger partial charge in [-0.15, -0.1) is 0 Å². The number of hydrogen-bond donors (Lipinski definition) is 3. The van der Waals surface area contributed by atoms with Crippen molar-refractivity contribution in [1.82, 2.24) is 4.90 Å². The van der Waals surface area contributed by atoms with E-state index in [1.165, 1.54) is 49.5 Å². The maximum Gasteiger partial charge on any atom is 0.272 e. The van der Waals surface area contributed by atoms with E-state index in [0.29, 0.717) is 12.5 Å². The predicted octanol–water partition coefficient (Wildman–Crippen LogP) is 3.14. The van der Waals surface area contributed by atoms with E-state index in [1.54, 1.807) is 6.92 Å². The van der Waals surface area contributed by atoms with Crippen LogP contribution < -0.4 is 21.5 Å². The summed E-state index contributed by atoms with van der Waals surface area (Å²) in [6.07, 6.45) is 1.25. The van der Waals surface area contributed by atoms with E-state index in [-0.39, 0.29) is 28.4 Å². The van der Waals surface area contributed by atoms with Gasteiger partial charge in [-0.3, -0.25) is 14.4 Å². The minimum atomic E-state index is -3.33. The zero-order chi connectivity index (χ0) is 23.1. The van der Waals surface area contributed by atoms with Crippen LogP contribution in [0, 0.1) is 6.92 Å². The minimum Gasteiger partial charge on any atom is -0.505 e. The average Bonchev–Trinajstić information content (AvgIpc) is 3.11. The molecule has 0 aliphatic rings. The van der Waals surface area contributed by atoms with Crippen molar-refractivity contribution in [3.63, 3.8) is 0 Å². The largest absolute Gasteiger partial charge is 0.505 e. The second kappa shape index (κ2) is 7.86. The van der Waals surface area contributed by atoms with Crippen LogP contribution in [-0.2, 0) is 0 Å². The molecule has 31 heavy (non-hydrogen) atoms. The molecule has 1 aromatic heterocycles. The number of carbonyl (C=O) groups is 1. The lowest BCUT2D eigenvalue weighted by Gasteiger charge is -2.26. The summed E-state index contributed by atoms with van der Waals surface area (Å²) in [4.78, 5) is 37.7. The van der Waals surface area contributed by atoms with Gasteiger partial charge in [0.1, 0.15) is 23.2 Å². The Labute approximate surface area is 175 Å². The predicted molar refractivity (Wildman–Crippen MR) is 111 cm³/mol. The van der Waals surface area contributed by atoms with Crippen molar-refractivity contribution in [3.05, 3.63) is 67.9 Å². The molecular weight excluding hydrogens is 412 g/mol. The first-order valence-corrected chi connectivity index (χ1v) is 9.25. The van der Waals surface area contributed by atoms with Gasteiger partial charge in [-0.1, -0.05) is 6.07 Å². The molecule has 164 valence electrons. The summed E-state index contributed by atoms with van der Waals surface area (Å²) >= 11 is 0. The molecule has 0 aliphatic carbocycles. The van der Waals surface area contributed by atoms with Crippen LogP contribution in [0.5, 0.6) is 5.75 Å². The van der Waals surface area contributed by atoms with Crippen LogP contribution in [-0.4, -0.2) is 35.9 Å². The Morgan fingerprint density at radius 1 is 1.16 bits per heavy atom. The number of furan rings is 1. The SMILES string of the molecule is Cc1ccoc1[C@H](Nc1c(Nc2cccc(C(=O)N(C)C)c2O)c(=O)c1=O)C(C)(F)F. The number of amides is 1. The fraction of sp³-hybridized carbons (Fsp3) is 0.286. The molecule has 0 aliphatic heterocycles. The lowest BCUT2D eigenvalue weighted by molar-refractivity contribution is -0.00548. The van der Waals surface area contributed by atoms with Gasteiger partial charge < -0.3 is 25.1 Å². The number of anilines is 3. The molecule has 0 spiro atoms. The van der Waals surface area contributed by atoms with Crippen molar-refractivity contribution in [2.45, 2.75) is 25.8 Å². The van der Waals surface area contributed by atoms with Crippen LogP contribution in [0.15, 0.2) is 44.5 Å². The monoisotopic (exact) mass is 433 g/mol. The summed E-state index contributed by atoms with van der Waals surface area (Å²) in [7, 11) is 3.00. The third-order valence-corrected chi connectivity index (χ3v) is 4.80. The molecule has 10 heteroatoms. The zero-order valence-electron chi connectivity index (χ0n) is 17.2. The van der Waals surface area contributed by atoms with Gasteiger partial charge in [0.2, 0.25) is 0 Å². The lowest BCUT2D eigenvalue weighted by atomic mass is 10.0. The van der Waals surface area contributed by atoms with Crippen LogP contribution in [0.3, 0.4) is 0 Å².